The average molecular weight is 259 g/mol. The highest BCUT2D eigenvalue weighted by Crippen LogP contribution is 2.08. The number of carbonyl (C=O) groups excluding carboxylic acids is 2. The van der Waals surface area contributed by atoms with Crippen molar-refractivity contribution >= 4 is 11.6 Å². The molecule has 7 nitrogen and oxygen atoms in total. The largest absolute Gasteiger partial charge is 0.330 e. The molecule has 0 aliphatic heterocycles. The van der Waals surface area contributed by atoms with Crippen molar-refractivity contribution in [1.29, 1.82) is 0 Å². The number of rotatable bonds is 10. The normalized spacial score (nSPS) is 14.6. The highest BCUT2D eigenvalue weighted by atomic mass is 16.2. The summed E-state index contributed by atoms with van der Waals surface area (Å²) in [5.41, 5.74) is 5.38. The van der Waals surface area contributed by atoms with Crippen LogP contribution in [0, 0.1) is 0 Å². The average Bonchev–Trinajstić information content (AvgIpc) is 2.32. The van der Waals surface area contributed by atoms with Crippen LogP contribution in [0.3, 0.4) is 0 Å². The molecule has 2 atom stereocenters. The molecule has 106 valence electrons. The van der Waals surface area contributed by atoms with Gasteiger partial charge in [0, 0.05) is 0 Å². The van der Waals surface area contributed by atoms with Gasteiger partial charge in [-0.2, -0.15) is 5.12 Å². The summed E-state index contributed by atoms with van der Waals surface area (Å²) < 4.78 is 0. The van der Waals surface area contributed by atoms with Crippen LogP contribution < -0.4 is 22.7 Å². The van der Waals surface area contributed by atoms with Gasteiger partial charge in [0.1, 0.15) is 0 Å². The maximum atomic E-state index is 11.9. The summed E-state index contributed by atoms with van der Waals surface area (Å²) >= 11 is 0. The Bertz CT molecular complexity index is 270. The first-order chi connectivity index (χ1) is 8.43. The van der Waals surface area contributed by atoms with Gasteiger partial charge in [0.2, 0.25) is 0 Å². The molecule has 0 aliphatic rings. The third-order valence-corrected chi connectivity index (χ3v) is 2.93. The molecule has 7 heteroatoms. The molecule has 0 aliphatic carbocycles. The van der Waals surface area contributed by atoms with E-state index in [9.17, 15) is 9.59 Å². The van der Waals surface area contributed by atoms with Crippen LogP contribution in [0.5, 0.6) is 0 Å². The Morgan fingerprint density at radius 1 is 1.22 bits per heavy atom. The number of hydrogen-bond acceptors (Lipinski definition) is 7. The lowest BCUT2D eigenvalue weighted by atomic mass is 9.99. The second-order valence-electron chi connectivity index (χ2n) is 4.37. The highest BCUT2D eigenvalue weighted by molar-refractivity contribution is 6.03. The molecule has 7 N–H and O–H groups in total. The van der Waals surface area contributed by atoms with Gasteiger partial charge in [0.25, 0.3) is 0 Å². The molecule has 0 saturated carbocycles. The third-order valence-electron chi connectivity index (χ3n) is 2.93. The summed E-state index contributed by atoms with van der Waals surface area (Å²) in [7, 11) is 1.67. The quantitative estimate of drug-likeness (QED) is 0.166. The lowest BCUT2D eigenvalue weighted by Gasteiger charge is -2.22. The molecule has 0 amide bonds. The Morgan fingerprint density at radius 3 is 2.28 bits per heavy atom. The van der Waals surface area contributed by atoms with E-state index in [1.165, 1.54) is 0 Å². The van der Waals surface area contributed by atoms with Crippen LogP contribution in [0.25, 0.3) is 0 Å². The van der Waals surface area contributed by atoms with Crippen LogP contribution in [0.1, 0.15) is 32.6 Å². The van der Waals surface area contributed by atoms with Gasteiger partial charge in [-0.25, -0.2) is 0 Å². The zero-order valence-electron chi connectivity index (χ0n) is 11.2. The summed E-state index contributed by atoms with van der Waals surface area (Å²) in [5.74, 6) is 10.5. The monoisotopic (exact) mass is 259 g/mol. The summed E-state index contributed by atoms with van der Waals surface area (Å²) in [6.07, 6.45) is 1.93. The van der Waals surface area contributed by atoms with E-state index in [0.717, 1.165) is 18.0 Å². The van der Waals surface area contributed by atoms with E-state index >= 15 is 0 Å². The molecule has 0 spiro atoms. The molecule has 0 radical (unpaired) electrons. The molecule has 0 fully saturated rings. The van der Waals surface area contributed by atoms with Gasteiger partial charge in [-0.05, 0) is 33.4 Å². The van der Waals surface area contributed by atoms with Crippen LogP contribution >= 0.6 is 0 Å². The number of nitrogens with one attached hydrogen (secondary N) is 1. The van der Waals surface area contributed by atoms with E-state index in [1.54, 1.807) is 14.0 Å². The van der Waals surface area contributed by atoms with Crippen molar-refractivity contribution in [2.45, 2.75) is 44.7 Å². The van der Waals surface area contributed by atoms with E-state index in [-0.39, 0.29) is 24.0 Å². The number of Topliss-reactive ketones (excluding diaryl/α,β-unsaturated/α-hetero) is 2. The lowest BCUT2D eigenvalue weighted by Crippen LogP contribution is -2.51. The number of ketones is 2. The maximum Gasteiger partial charge on any atom is 0.160 e. The zero-order valence-corrected chi connectivity index (χ0v) is 11.2. The first kappa shape index (κ1) is 17.1. The number of nitrogens with two attached hydrogens (primary N) is 3. The number of likely N-dealkylation sites (N-methyl/N-ethyl adjacent to an activating group) is 1. The van der Waals surface area contributed by atoms with Gasteiger partial charge in [0.15, 0.2) is 11.6 Å². The summed E-state index contributed by atoms with van der Waals surface area (Å²) in [4.78, 5) is 23.6. The molecule has 0 rings (SSSR count). The lowest BCUT2D eigenvalue weighted by molar-refractivity contribution is -0.131. The molecule has 0 aromatic rings. The second kappa shape index (κ2) is 9.12. The van der Waals surface area contributed by atoms with E-state index in [0.29, 0.717) is 13.0 Å². The van der Waals surface area contributed by atoms with Gasteiger partial charge in [-0.15, -0.1) is 0 Å². The molecule has 0 bridgehead atoms. The first-order valence-corrected chi connectivity index (χ1v) is 6.15. The molecule has 0 heterocycles. The fourth-order valence-electron chi connectivity index (χ4n) is 1.56. The number of carbonyl (C=O) groups is 2. The molecule has 0 saturated heterocycles. The van der Waals surface area contributed by atoms with Crippen LogP contribution in [-0.2, 0) is 9.59 Å². The Hall–Kier alpha value is -0.860. The fraction of sp³-hybridized carbons (Fsp3) is 0.818. The highest BCUT2D eigenvalue weighted by Gasteiger charge is 2.25. The minimum atomic E-state index is -0.621. The molecular formula is C11H25N5O2. The Labute approximate surface area is 108 Å². The van der Waals surface area contributed by atoms with Crippen molar-refractivity contribution in [3.63, 3.8) is 0 Å². The summed E-state index contributed by atoms with van der Waals surface area (Å²) in [5, 5.41) is 3.68. The predicted octanol–water partition coefficient (Wildman–Crippen LogP) is -1.33. The number of hydrazine groups is 2. The van der Waals surface area contributed by atoms with E-state index < -0.39 is 6.04 Å². The van der Waals surface area contributed by atoms with Gasteiger partial charge in [-0.3, -0.25) is 21.3 Å². The topological polar surface area (TPSA) is 127 Å². The molecule has 0 aromatic heterocycles. The Morgan fingerprint density at radius 2 is 1.83 bits per heavy atom. The van der Waals surface area contributed by atoms with E-state index in [4.69, 9.17) is 17.4 Å². The van der Waals surface area contributed by atoms with Crippen molar-refractivity contribution in [3.05, 3.63) is 0 Å². The smallest absolute Gasteiger partial charge is 0.160 e. The second-order valence-corrected chi connectivity index (χ2v) is 4.37. The van der Waals surface area contributed by atoms with Crippen LogP contribution in [-0.4, -0.2) is 42.4 Å². The predicted molar refractivity (Wildman–Crippen MR) is 70.1 cm³/mol. The third kappa shape index (κ3) is 6.18. The van der Waals surface area contributed by atoms with Gasteiger partial charge >= 0.3 is 0 Å². The van der Waals surface area contributed by atoms with Crippen molar-refractivity contribution in [2.75, 3.05) is 13.6 Å². The molecule has 0 unspecified atom stereocenters. The molecule has 0 aromatic carbocycles. The van der Waals surface area contributed by atoms with Crippen LogP contribution in [0.15, 0.2) is 0 Å². The Balaban J connectivity index is 4.34. The fourth-order valence-corrected chi connectivity index (χ4v) is 1.56. The van der Waals surface area contributed by atoms with Gasteiger partial charge in [-0.1, -0.05) is 6.42 Å². The summed E-state index contributed by atoms with van der Waals surface area (Å²) in [6.45, 7) is 2.27. The van der Waals surface area contributed by atoms with E-state index in [1.807, 2.05) is 0 Å². The standard InChI is InChI=1S/C11H25N5O2/c1-8(15-2)10(17)7-11(18)9(16(13)14)5-3-4-6-12/h8-9,15H,3-7,12-14H2,1-2H3/t8-,9-/m0/s1. The molecular weight excluding hydrogens is 234 g/mol. The first-order valence-electron chi connectivity index (χ1n) is 6.15. The van der Waals surface area contributed by atoms with Crippen LogP contribution in [0.2, 0.25) is 0 Å². The zero-order chi connectivity index (χ0) is 14.1. The SMILES string of the molecule is CN[C@@H](C)C(=O)CC(=O)[C@H](CCCCN)N(N)N. The van der Waals surface area contributed by atoms with Gasteiger partial charge in [0.05, 0.1) is 18.5 Å². The minimum absolute atomic E-state index is 0.153. The number of hydrogen-bond donors (Lipinski definition) is 4. The van der Waals surface area contributed by atoms with Crippen molar-refractivity contribution < 1.29 is 9.59 Å². The van der Waals surface area contributed by atoms with Crippen molar-refractivity contribution in [2.24, 2.45) is 17.4 Å². The summed E-state index contributed by atoms with van der Waals surface area (Å²) in [6, 6.07) is -0.966. The minimum Gasteiger partial charge on any atom is -0.330 e. The maximum absolute atomic E-state index is 11.9. The van der Waals surface area contributed by atoms with Gasteiger partial charge < -0.3 is 11.1 Å². The number of nitrogens with zero attached hydrogens (tertiary/aromatic N) is 1. The van der Waals surface area contributed by atoms with E-state index in [2.05, 4.69) is 5.32 Å². The van der Waals surface area contributed by atoms with Crippen LogP contribution in [0.4, 0.5) is 0 Å². The van der Waals surface area contributed by atoms with Crippen molar-refractivity contribution in [3.8, 4) is 0 Å². The molecule has 18 heavy (non-hydrogen) atoms. The Kier molecular flexibility index (Phi) is 8.69. The number of unbranched alkanes of at least 4 members (excludes halogenated alkanes) is 1. The van der Waals surface area contributed by atoms with Crippen molar-refractivity contribution in [1.82, 2.24) is 10.4 Å².